The fraction of sp³-hybridized carbons (Fsp3) is 0.211. The van der Waals surface area contributed by atoms with Gasteiger partial charge in [0.1, 0.15) is 0 Å². The van der Waals surface area contributed by atoms with Gasteiger partial charge in [0, 0.05) is 11.4 Å². The van der Waals surface area contributed by atoms with E-state index in [9.17, 15) is 43.9 Å². The van der Waals surface area contributed by atoms with E-state index < -0.39 is 69.3 Å². The summed E-state index contributed by atoms with van der Waals surface area (Å²) >= 11 is 0. The molecule has 272 valence electrons. The van der Waals surface area contributed by atoms with Gasteiger partial charge in [0.25, 0.3) is 0 Å². The summed E-state index contributed by atoms with van der Waals surface area (Å²) in [4.78, 5) is 16.9. The summed E-state index contributed by atoms with van der Waals surface area (Å²) < 4.78 is 140. The van der Waals surface area contributed by atoms with Gasteiger partial charge in [0.15, 0.2) is 46.5 Å². The smallest absolute Gasteiger partial charge is 0.661 e. The molecular weight excluding hydrogens is 768 g/mol. The summed E-state index contributed by atoms with van der Waals surface area (Å²) in [5.74, 6) is -20.0. The van der Waals surface area contributed by atoms with Gasteiger partial charge < -0.3 is 9.97 Å². The summed E-state index contributed by atoms with van der Waals surface area (Å²) in [5, 5.41) is 0. The minimum atomic E-state index is -2.20. The normalized spacial score (nSPS) is 15.7. The Hall–Kier alpha value is -4.78. The Bertz CT molecular complexity index is 2160. The third-order valence-corrected chi connectivity index (χ3v) is 8.22. The van der Waals surface area contributed by atoms with Gasteiger partial charge in [0.2, 0.25) is 11.6 Å². The second-order valence-corrected chi connectivity index (χ2v) is 12.4. The van der Waals surface area contributed by atoms with Crippen LogP contribution in [-0.4, -0.2) is 11.4 Å². The first-order chi connectivity index (χ1) is 24.3. The summed E-state index contributed by atoms with van der Waals surface area (Å²) in [7, 11) is 0. The molecule has 0 amide bonds. The number of hydrogen-bond acceptors (Lipinski definition) is 2. The SMILES string of the molecule is CC1=CC(C)=N/C1=C(\c1[n-]c(C)cc1C)c1c(F)c(F)c(F)c(F)c1F.CC1=CC(C)=N/C1=C(\c1[n-]c(C)cc1C)c1c(F)c(F)c(F)c(F)c1F.[Zn+2]. The predicted molar refractivity (Wildman–Crippen MR) is 177 cm³/mol. The topological polar surface area (TPSA) is 52.9 Å². The van der Waals surface area contributed by atoms with Crippen molar-refractivity contribution in [1.29, 1.82) is 0 Å². The molecule has 0 saturated heterocycles. The summed E-state index contributed by atoms with van der Waals surface area (Å²) in [6.45, 7) is 13.3. The molecule has 4 nitrogen and oxygen atoms in total. The van der Waals surface area contributed by atoms with Crippen LogP contribution in [0, 0.1) is 85.9 Å². The molecule has 0 N–H and O–H groups in total. The number of aryl methyl sites for hydroxylation is 4. The molecule has 0 spiro atoms. The Morgan fingerprint density at radius 2 is 0.698 bits per heavy atom. The van der Waals surface area contributed by atoms with Gasteiger partial charge in [-0.1, -0.05) is 37.1 Å². The zero-order valence-corrected chi connectivity index (χ0v) is 32.6. The van der Waals surface area contributed by atoms with Crippen LogP contribution in [0.3, 0.4) is 0 Å². The molecule has 0 fully saturated rings. The number of aromatic nitrogens is 2. The fourth-order valence-electron chi connectivity index (χ4n) is 6.07. The molecule has 53 heavy (non-hydrogen) atoms. The van der Waals surface area contributed by atoms with Crippen LogP contribution in [-0.2, 0) is 19.5 Å². The van der Waals surface area contributed by atoms with Crippen molar-refractivity contribution in [3.8, 4) is 0 Å². The molecular formula is C38H28F10N4Zn. The molecule has 0 atom stereocenters. The minimum Gasteiger partial charge on any atom is -0.661 e. The molecule has 4 heterocycles. The second-order valence-electron chi connectivity index (χ2n) is 12.4. The Morgan fingerprint density at radius 3 is 0.906 bits per heavy atom. The first-order valence-electron chi connectivity index (χ1n) is 15.5. The second kappa shape index (κ2) is 15.3. The Morgan fingerprint density at radius 1 is 0.434 bits per heavy atom. The van der Waals surface area contributed by atoms with Gasteiger partial charge in [-0.15, -0.1) is 11.4 Å². The Kier molecular flexibility index (Phi) is 11.8. The fourth-order valence-corrected chi connectivity index (χ4v) is 6.07. The number of allylic oxidation sites excluding steroid dienone is 4. The van der Waals surface area contributed by atoms with E-state index >= 15 is 0 Å². The average Bonchev–Trinajstić information content (AvgIpc) is 3.81. The molecule has 2 aliphatic rings. The van der Waals surface area contributed by atoms with Gasteiger partial charge in [-0.2, -0.15) is 11.4 Å². The molecule has 4 aromatic rings. The van der Waals surface area contributed by atoms with Crippen molar-refractivity contribution in [3.05, 3.63) is 150 Å². The van der Waals surface area contributed by atoms with Crippen molar-refractivity contribution in [3.63, 3.8) is 0 Å². The molecule has 2 aromatic heterocycles. The van der Waals surface area contributed by atoms with E-state index in [4.69, 9.17) is 0 Å². The van der Waals surface area contributed by atoms with Crippen LogP contribution < -0.4 is 9.97 Å². The molecule has 0 unspecified atom stereocenters. The molecule has 0 saturated carbocycles. The van der Waals surface area contributed by atoms with E-state index in [1.807, 2.05) is 0 Å². The largest absolute Gasteiger partial charge is 2.00 e. The summed E-state index contributed by atoms with van der Waals surface area (Å²) in [5.41, 5.74) is 2.44. The van der Waals surface area contributed by atoms with E-state index in [-0.39, 0.29) is 53.4 Å². The molecule has 0 aliphatic carbocycles. The third-order valence-electron chi connectivity index (χ3n) is 8.22. The van der Waals surface area contributed by atoms with Crippen LogP contribution in [0.25, 0.3) is 11.1 Å². The average molecular weight is 796 g/mol. The van der Waals surface area contributed by atoms with Gasteiger partial charge in [-0.05, 0) is 76.0 Å². The first-order valence-corrected chi connectivity index (χ1v) is 15.5. The van der Waals surface area contributed by atoms with Crippen LogP contribution in [0.5, 0.6) is 0 Å². The maximum Gasteiger partial charge on any atom is 2.00 e. The monoisotopic (exact) mass is 794 g/mol. The Labute approximate surface area is 310 Å². The zero-order chi connectivity index (χ0) is 38.7. The van der Waals surface area contributed by atoms with Gasteiger partial charge >= 0.3 is 19.5 Å². The van der Waals surface area contributed by atoms with E-state index in [0.717, 1.165) is 0 Å². The number of rotatable bonds is 4. The zero-order valence-electron chi connectivity index (χ0n) is 29.6. The molecule has 2 aliphatic heterocycles. The van der Waals surface area contributed by atoms with Crippen molar-refractivity contribution in [2.75, 3.05) is 0 Å². The van der Waals surface area contributed by atoms with Gasteiger partial charge in [0.05, 0.1) is 22.5 Å². The minimum absolute atomic E-state index is 0. The van der Waals surface area contributed by atoms with Crippen molar-refractivity contribution in [1.82, 2.24) is 9.97 Å². The number of benzene rings is 2. The van der Waals surface area contributed by atoms with E-state index in [1.54, 1.807) is 79.7 Å². The van der Waals surface area contributed by atoms with Crippen LogP contribution in [0.1, 0.15) is 72.7 Å². The van der Waals surface area contributed by atoms with Crippen molar-refractivity contribution >= 4 is 22.6 Å². The molecule has 6 rings (SSSR count). The third kappa shape index (κ3) is 7.27. The number of nitrogens with zero attached hydrogens (tertiary/aromatic N) is 4. The molecule has 15 heteroatoms. The van der Waals surface area contributed by atoms with Crippen LogP contribution >= 0.6 is 0 Å². The molecule has 2 aromatic carbocycles. The predicted octanol–water partition coefficient (Wildman–Crippen LogP) is 10.3. The summed E-state index contributed by atoms with van der Waals surface area (Å²) in [6, 6.07) is 3.32. The maximum absolute atomic E-state index is 14.5. The van der Waals surface area contributed by atoms with Crippen LogP contribution in [0.2, 0.25) is 0 Å². The van der Waals surface area contributed by atoms with Crippen molar-refractivity contribution < 1.29 is 63.4 Å². The van der Waals surface area contributed by atoms with Gasteiger partial charge in [-0.3, -0.25) is 9.98 Å². The van der Waals surface area contributed by atoms with Crippen molar-refractivity contribution in [2.45, 2.75) is 55.4 Å². The van der Waals surface area contributed by atoms with Crippen LogP contribution in [0.4, 0.5) is 43.9 Å². The van der Waals surface area contributed by atoms with Gasteiger partial charge in [-0.25, -0.2) is 43.9 Å². The Balaban J connectivity index is 0.000000232. The van der Waals surface area contributed by atoms with E-state index in [2.05, 4.69) is 20.0 Å². The van der Waals surface area contributed by atoms with Crippen LogP contribution in [0.15, 0.2) is 56.8 Å². The van der Waals surface area contributed by atoms with Crippen molar-refractivity contribution in [2.24, 2.45) is 9.98 Å². The maximum atomic E-state index is 14.5. The standard InChI is InChI=1S/2C19H14F5N2.Zn/c2*1-7-5-9(3)25-18(7)12(19-8(2)6-10(4)26-19)11-13(20)15(22)17(24)16(23)14(11)21;/h2*5-6H,1-4H3;/q2*-1;+2/b2*18-12-;. The number of aliphatic imine (C=N–C) groups is 2. The summed E-state index contributed by atoms with van der Waals surface area (Å²) in [6.07, 6.45) is 3.32. The first kappa shape index (κ1) is 41.0. The number of hydrogen-bond donors (Lipinski definition) is 0. The quantitative estimate of drug-likeness (QED) is 0.0894. The number of halogens is 10. The molecule has 0 radical (unpaired) electrons. The van der Waals surface area contributed by atoms with E-state index in [0.29, 0.717) is 45.1 Å². The molecule has 0 bridgehead atoms. The van der Waals surface area contributed by atoms with E-state index in [1.165, 1.54) is 0 Å².